The summed E-state index contributed by atoms with van der Waals surface area (Å²) in [5, 5.41) is 13.9. The van der Waals surface area contributed by atoms with E-state index in [-0.39, 0.29) is 0 Å². The fourth-order valence-corrected chi connectivity index (χ4v) is 3.34. The van der Waals surface area contributed by atoms with Gasteiger partial charge in [-0.05, 0) is 60.8 Å². The van der Waals surface area contributed by atoms with Crippen LogP contribution in [0.15, 0.2) is 66.9 Å². The van der Waals surface area contributed by atoms with E-state index < -0.39 is 0 Å². The molecule has 4 aromatic rings. The number of hydrogen-bond donors (Lipinski definition) is 1. The fourth-order valence-electron chi connectivity index (χ4n) is 3.34. The number of benzene rings is 2. The Kier molecular flexibility index (Phi) is 5.78. The maximum Gasteiger partial charge on any atom is 0.218 e. The Balaban J connectivity index is 1.69. The van der Waals surface area contributed by atoms with Crippen LogP contribution in [0.5, 0.6) is 11.6 Å². The van der Waals surface area contributed by atoms with E-state index in [2.05, 4.69) is 28.3 Å². The lowest BCUT2D eigenvalue weighted by Gasteiger charge is -2.12. The molecule has 6 nitrogen and oxygen atoms in total. The van der Waals surface area contributed by atoms with Crippen molar-refractivity contribution in [2.75, 3.05) is 6.54 Å². The van der Waals surface area contributed by atoms with Gasteiger partial charge >= 0.3 is 0 Å². The van der Waals surface area contributed by atoms with Crippen LogP contribution in [0, 0.1) is 18.3 Å². The highest BCUT2D eigenvalue weighted by Crippen LogP contribution is 2.35. The quantitative estimate of drug-likeness (QED) is 0.502. The third kappa shape index (κ3) is 4.47. The van der Waals surface area contributed by atoms with Gasteiger partial charge in [-0.1, -0.05) is 30.3 Å². The lowest BCUT2D eigenvalue weighted by molar-refractivity contribution is 0.432. The number of ether oxygens (including phenoxy) is 1. The van der Waals surface area contributed by atoms with Crippen molar-refractivity contribution in [2.45, 2.75) is 13.3 Å². The number of hydrogen-bond acceptors (Lipinski definition) is 5. The smallest absolute Gasteiger partial charge is 0.218 e. The van der Waals surface area contributed by atoms with Gasteiger partial charge in [-0.2, -0.15) is 10.4 Å². The summed E-state index contributed by atoms with van der Waals surface area (Å²) in [6.45, 7) is 2.61. The second-order valence-electron chi connectivity index (χ2n) is 7.37. The molecule has 2 N–H and O–H groups in total. The molecular weight excluding hydrogens is 386 g/mol. The van der Waals surface area contributed by atoms with Crippen LogP contribution in [0.4, 0.5) is 0 Å². The molecule has 0 aliphatic heterocycles. The van der Waals surface area contributed by atoms with Crippen LogP contribution in [0.2, 0.25) is 0 Å². The fraction of sp³-hybridized carbons (Fsp3) is 0.160. The lowest BCUT2D eigenvalue weighted by Crippen LogP contribution is -2.02. The van der Waals surface area contributed by atoms with Crippen LogP contribution in [0.1, 0.15) is 16.7 Å². The van der Waals surface area contributed by atoms with E-state index in [1.807, 2.05) is 56.6 Å². The van der Waals surface area contributed by atoms with Gasteiger partial charge in [0.2, 0.25) is 5.88 Å². The molecule has 0 saturated heterocycles. The molecule has 0 unspecified atom stereocenters. The van der Waals surface area contributed by atoms with Gasteiger partial charge in [-0.3, -0.25) is 4.98 Å². The summed E-state index contributed by atoms with van der Waals surface area (Å²) in [4.78, 5) is 4.44. The van der Waals surface area contributed by atoms with Gasteiger partial charge in [0.25, 0.3) is 0 Å². The van der Waals surface area contributed by atoms with Gasteiger partial charge in [0.1, 0.15) is 11.4 Å². The van der Waals surface area contributed by atoms with Crippen molar-refractivity contribution in [1.29, 1.82) is 5.26 Å². The van der Waals surface area contributed by atoms with E-state index in [1.54, 1.807) is 16.8 Å². The minimum absolute atomic E-state index is 0.529. The predicted octanol–water partition coefficient (Wildman–Crippen LogP) is 4.62. The molecule has 6 heteroatoms. The van der Waals surface area contributed by atoms with Crippen molar-refractivity contribution < 1.29 is 4.74 Å². The Bertz CT molecular complexity index is 1230. The van der Waals surface area contributed by atoms with Gasteiger partial charge in [0.15, 0.2) is 0 Å². The Morgan fingerprint density at radius 2 is 1.84 bits per heavy atom. The molecule has 4 rings (SSSR count). The van der Waals surface area contributed by atoms with Crippen LogP contribution in [0.3, 0.4) is 0 Å². The lowest BCUT2D eigenvalue weighted by atomic mass is 10.0. The maximum absolute atomic E-state index is 9.37. The number of pyridine rings is 1. The zero-order chi connectivity index (χ0) is 21.8. The molecule has 0 radical (unpaired) electrons. The molecule has 2 heterocycles. The highest BCUT2D eigenvalue weighted by atomic mass is 16.5. The van der Waals surface area contributed by atoms with Crippen LogP contribution < -0.4 is 10.5 Å². The monoisotopic (exact) mass is 409 g/mol. The van der Waals surface area contributed by atoms with E-state index in [0.717, 1.165) is 34.5 Å². The normalized spacial score (nSPS) is 10.6. The first kappa shape index (κ1) is 20.3. The molecule has 0 spiro atoms. The number of rotatable bonds is 6. The van der Waals surface area contributed by atoms with Crippen LogP contribution in [-0.2, 0) is 13.5 Å². The van der Waals surface area contributed by atoms with E-state index in [4.69, 9.17) is 10.5 Å². The highest BCUT2D eigenvalue weighted by Gasteiger charge is 2.14. The second kappa shape index (κ2) is 8.82. The predicted molar refractivity (Wildman–Crippen MR) is 121 cm³/mol. The largest absolute Gasteiger partial charge is 0.439 e. The molecule has 0 aliphatic rings. The number of nitrogens with two attached hydrogens (primary N) is 1. The Morgan fingerprint density at radius 1 is 1.03 bits per heavy atom. The summed E-state index contributed by atoms with van der Waals surface area (Å²) in [6.07, 6.45) is 2.65. The molecule has 31 heavy (non-hydrogen) atoms. The first-order valence-electron chi connectivity index (χ1n) is 10.1. The SMILES string of the molecule is Cc1ccc(-c2cc(Oc3cc(C#N)ccc3-c3ccc(CCN)cc3)n(C)n2)nc1. The minimum atomic E-state index is 0.529. The average Bonchev–Trinajstić information content (AvgIpc) is 3.15. The number of aryl methyl sites for hydroxylation is 2. The molecule has 0 aliphatic carbocycles. The molecule has 0 saturated carbocycles. The summed E-state index contributed by atoms with van der Waals surface area (Å²) >= 11 is 0. The van der Waals surface area contributed by atoms with E-state index in [0.29, 0.717) is 23.7 Å². The Labute approximate surface area is 181 Å². The third-order valence-electron chi connectivity index (χ3n) is 5.03. The zero-order valence-corrected chi connectivity index (χ0v) is 17.5. The molecule has 2 aromatic carbocycles. The van der Waals surface area contributed by atoms with Gasteiger partial charge < -0.3 is 10.5 Å². The molecule has 154 valence electrons. The maximum atomic E-state index is 9.37. The van der Waals surface area contributed by atoms with Crippen LogP contribution >= 0.6 is 0 Å². The van der Waals surface area contributed by atoms with Crippen molar-refractivity contribution in [1.82, 2.24) is 14.8 Å². The van der Waals surface area contributed by atoms with E-state index >= 15 is 0 Å². The van der Waals surface area contributed by atoms with Crippen molar-refractivity contribution in [3.8, 4) is 40.2 Å². The number of nitrogens with zero attached hydrogens (tertiary/aromatic N) is 4. The van der Waals surface area contributed by atoms with Gasteiger partial charge in [-0.25, -0.2) is 4.68 Å². The van der Waals surface area contributed by atoms with E-state index in [1.165, 1.54) is 5.56 Å². The first-order chi connectivity index (χ1) is 15.1. The van der Waals surface area contributed by atoms with Gasteiger partial charge in [0.05, 0.1) is 17.3 Å². The third-order valence-corrected chi connectivity index (χ3v) is 5.03. The zero-order valence-electron chi connectivity index (χ0n) is 17.5. The van der Waals surface area contributed by atoms with Gasteiger partial charge in [0, 0.05) is 24.9 Å². The summed E-state index contributed by atoms with van der Waals surface area (Å²) in [6, 6.07) is 21.6. The van der Waals surface area contributed by atoms with Crippen molar-refractivity contribution in [2.24, 2.45) is 12.8 Å². The molecule has 0 bridgehead atoms. The van der Waals surface area contributed by atoms with E-state index in [9.17, 15) is 5.26 Å². The minimum Gasteiger partial charge on any atom is -0.439 e. The Morgan fingerprint density at radius 3 is 2.52 bits per heavy atom. The molecule has 0 fully saturated rings. The molecular formula is C25H23N5O. The topological polar surface area (TPSA) is 89.7 Å². The summed E-state index contributed by atoms with van der Waals surface area (Å²) in [5.41, 5.74) is 11.9. The standard InChI is InChI=1S/C25H23N5O/c1-17-3-10-22(28-16-17)23-14-25(30(2)29-23)31-24-13-19(15-27)6-9-21(24)20-7-4-18(5-8-20)11-12-26/h3-10,13-14,16H,11-12,26H2,1-2H3. The van der Waals surface area contributed by atoms with Crippen LogP contribution in [0.25, 0.3) is 22.5 Å². The van der Waals surface area contributed by atoms with Crippen molar-refractivity contribution in [3.63, 3.8) is 0 Å². The second-order valence-corrected chi connectivity index (χ2v) is 7.37. The molecule has 0 amide bonds. The summed E-state index contributed by atoms with van der Waals surface area (Å²) in [5.74, 6) is 1.16. The van der Waals surface area contributed by atoms with Crippen molar-refractivity contribution >= 4 is 0 Å². The van der Waals surface area contributed by atoms with Gasteiger partial charge in [-0.15, -0.1) is 0 Å². The summed E-state index contributed by atoms with van der Waals surface area (Å²) in [7, 11) is 1.82. The van der Waals surface area contributed by atoms with Crippen molar-refractivity contribution in [3.05, 3.63) is 83.6 Å². The summed E-state index contributed by atoms with van der Waals surface area (Å²) < 4.78 is 7.91. The molecule has 2 aromatic heterocycles. The highest BCUT2D eigenvalue weighted by molar-refractivity contribution is 5.72. The van der Waals surface area contributed by atoms with Crippen LogP contribution in [-0.4, -0.2) is 21.3 Å². The molecule has 0 atom stereocenters. The Hall–Kier alpha value is -3.95. The first-order valence-corrected chi connectivity index (χ1v) is 10.1. The number of aromatic nitrogens is 3. The number of nitriles is 1. The average molecular weight is 409 g/mol.